The fourth-order valence-corrected chi connectivity index (χ4v) is 5.26. The molecule has 0 atom stereocenters. The van der Waals surface area contributed by atoms with E-state index in [2.05, 4.69) is 84.3 Å². The average molecular weight is 425 g/mol. The van der Waals surface area contributed by atoms with Crippen molar-refractivity contribution in [2.75, 3.05) is 25.4 Å². The first-order valence-electron chi connectivity index (χ1n) is 10.3. The molecule has 3 nitrogen and oxygen atoms in total. The van der Waals surface area contributed by atoms with Crippen molar-refractivity contribution in [3.63, 3.8) is 0 Å². The van der Waals surface area contributed by atoms with E-state index in [-0.39, 0.29) is 12.5 Å². The maximum atomic E-state index is 12.4. The van der Waals surface area contributed by atoms with Gasteiger partial charge in [0, 0.05) is 0 Å². The number of carbonyl (C=O) groups is 1. The van der Waals surface area contributed by atoms with Crippen molar-refractivity contribution in [1.29, 1.82) is 0 Å². The molecule has 0 fully saturated rings. The zero-order valence-electron chi connectivity index (χ0n) is 17.6. The van der Waals surface area contributed by atoms with Crippen LogP contribution in [0.4, 0.5) is 0 Å². The van der Waals surface area contributed by atoms with Gasteiger partial charge in [-0.05, 0) is 0 Å². The summed E-state index contributed by atoms with van der Waals surface area (Å²) in [6.45, 7) is 4.82. The van der Waals surface area contributed by atoms with E-state index in [1.807, 2.05) is 30.0 Å². The molecular formula is C26H26BN2OS. The van der Waals surface area contributed by atoms with Crippen LogP contribution in [0.2, 0.25) is 0 Å². The summed E-state index contributed by atoms with van der Waals surface area (Å²) in [5.74, 6) is 0.649. The van der Waals surface area contributed by atoms with E-state index in [1.165, 1.54) is 16.7 Å². The Hall–Kier alpha value is -2.92. The van der Waals surface area contributed by atoms with Crippen molar-refractivity contribution in [3.05, 3.63) is 120 Å². The van der Waals surface area contributed by atoms with Gasteiger partial charge in [0.1, 0.15) is 0 Å². The minimum atomic E-state index is -0.398. The summed E-state index contributed by atoms with van der Waals surface area (Å²) in [6.07, 6.45) is 1.73. The molecule has 31 heavy (non-hydrogen) atoms. The molecule has 1 radical (unpaired) electrons. The van der Waals surface area contributed by atoms with Crippen LogP contribution < -0.4 is 0 Å². The molecule has 0 saturated heterocycles. The fraction of sp³-hybridized carbons (Fsp3) is 0.192. The van der Waals surface area contributed by atoms with Gasteiger partial charge in [-0.1, -0.05) is 0 Å². The van der Waals surface area contributed by atoms with E-state index in [0.717, 1.165) is 5.75 Å². The first-order chi connectivity index (χ1) is 15.2. The quantitative estimate of drug-likeness (QED) is 0.244. The Labute approximate surface area is 190 Å². The van der Waals surface area contributed by atoms with E-state index in [4.69, 9.17) is 7.64 Å². The van der Waals surface area contributed by atoms with Gasteiger partial charge in [0.25, 0.3) is 0 Å². The van der Waals surface area contributed by atoms with E-state index in [1.54, 1.807) is 11.0 Å². The Balaban J connectivity index is 2.01. The molecule has 5 heteroatoms. The van der Waals surface area contributed by atoms with Gasteiger partial charge in [-0.3, -0.25) is 0 Å². The van der Waals surface area contributed by atoms with Crippen molar-refractivity contribution < 1.29 is 4.79 Å². The molecule has 0 aliphatic rings. The molecule has 0 N–H and O–H groups in total. The van der Waals surface area contributed by atoms with Crippen molar-refractivity contribution in [3.8, 4) is 0 Å². The third-order valence-electron chi connectivity index (χ3n) is 5.15. The van der Waals surface area contributed by atoms with E-state index in [9.17, 15) is 4.79 Å². The van der Waals surface area contributed by atoms with Crippen LogP contribution in [0.5, 0.6) is 0 Å². The Bertz CT molecular complexity index is 883. The Kier molecular flexibility index (Phi) is 8.42. The molecule has 0 aliphatic heterocycles. The second-order valence-electron chi connectivity index (χ2n) is 7.10. The van der Waals surface area contributed by atoms with Crippen molar-refractivity contribution in [2.24, 2.45) is 4.90 Å². The predicted molar refractivity (Wildman–Crippen MR) is 131 cm³/mol. The summed E-state index contributed by atoms with van der Waals surface area (Å²) in [7, 11) is 5.24. The van der Waals surface area contributed by atoms with Gasteiger partial charge in [-0.25, -0.2) is 0 Å². The summed E-state index contributed by atoms with van der Waals surface area (Å²) in [5.41, 5.74) is 3.61. The van der Waals surface area contributed by atoms with Crippen LogP contribution in [-0.4, -0.2) is 43.8 Å². The van der Waals surface area contributed by atoms with E-state index >= 15 is 0 Å². The van der Waals surface area contributed by atoms with Gasteiger partial charge >= 0.3 is 190 Å². The predicted octanol–water partition coefficient (Wildman–Crippen LogP) is 5.08. The molecule has 0 saturated carbocycles. The van der Waals surface area contributed by atoms with Crippen LogP contribution in [0.1, 0.15) is 16.7 Å². The van der Waals surface area contributed by atoms with Crippen molar-refractivity contribution in [1.82, 2.24) is 4.90 Å². The molecule has 0 bridgehead atoms. The third kappa shape index (κ3) is 5.42. The van der Waals surface area contributed by atoms with Crippen LogP contribution in [0.15, 0.2) is 109 Å². The standard InChI is InChI=1S/C26H26BN2OS/c1-2-18-29(25(30)21-28-27)19-20-31-26(22-12-6-3-7-13-22,23-14-8-4-9-15-23)24-16-10-5-11-17-24/h2-17H,1,18-21H2. The number of carbonyl (C=O) groups excluding carboxylic acids is 1. The molecule has 3 aromatic carbocycles. The number of amides is 1. The van der Waals surface area contributed by atoms with Gasteiger partial charge in [0.05, 0.1) is 0 Å². The Morgan fingerprint density at radius 3 is 1.74 bits per heavy atom. The van der Waals surface area contributed by atoms with Crippen molar-refractivity contribution in [2.45, 2.75) is 4.75 Å². The molecule has 0 aliphatic carbocycles. The number of thioether (sulfide) groups is 1. The summed E-state index contributed by atoms with van der Waals surface area (Å²) >= 11 is 1.83. The second kappa shape index (κ2) is 11.5. The van der Waals surface area contributed by atoms with Crippen LogP contribution in [0.25, 0.3) is 0 Å². The van der Waals surface area contributed by atoms with Crippen LogP contribution >= 0.6 is 11.8 Å². The molecule has 155 valence electrons. The van der Waals surface area contributed by atoms with Gasteiger partial charge in [-0.15, -0.1) is 0 Å². The summed E-state index contributed by atoms with van der Waals surface area (Å²) in [5, 5.41) is 0. The normalized spacial score (nSPS) is 10.9. The molecule has 0 unspecified atom stereocenters. The summed E-state index contributed by atoms with van der Waals surface area (Å²) in [6, 6.07) is 31.6. The zero-order chi connectivity index (χ0) is 21.9. The first kappa shape index (κ1) is 22.8. The number of hydrogen-bond donors (Lipinski definition) is 0. The monoisotopic (exact) mass is 425 g/mol. The number of hydrogen-bond acceptors (Lipinski definition) is 3. The molecule has 0 aromatic heterocycles. The topological polar surface area (TPSA) is 32.7 Å². The molecule has 3 aromatic rings. The van der Waals surface area contributed by atoms with Crippen LogP contribution in [-0.2, 0) is 9.54 Å². The number of benzene rings is 3. The molecule has 1 amide bonds. The van der Waals surface area contributed by atoms with Gasteiger partial charge < -0.3 is 0 Å². The zero-order valence-corrected chi connectivity index (χ0v) is 18.4. The fourth-order valence-electron chi connectivity index (χ4n) is 3.73. The Morgan fingerprint density at radius 1 is 0.903 bits per heavy atom. The number of rotatable bonds is 11. The van der Waals surface area contributed by atoms with E-state index < -0.39 is 4.75 Å². The second-order valence-corrected chi connectivity index (χ2v) is 8.41. The van der Waals surface area contributed by atoms with Crippen molar-refractivity contribution >= 4 is 25.3 Å². The van der Waals surface area contributed by atoms with Crippen LogP contribution in [0.3, 0.4) is 0 Å². The third-order valence-corrected chi connectivity index (χ3v) is 6.68. The molecular weight excluding hydrogens is 399 g/mol. The molecule has 0 heterocycles. The average Bonchev–Trinajstić information content (AvgIpc) is 2.83. The van der Waals surface area contributed by atoms with Crippen LogP contribution in [0, 0.1) is 0 Å². The van der Waals surface area contributed by atoms with Gasteiger partial charge in [0.2, 0.25) is 0 Å². The van der Waals surface area contributed by atoms with Gasteiger partial charge in [0.15, 0.2) is 0 Å². The first-order valence-corrected chi connectivity index (χ1v) is 11.3. The summed E-state index contributed by atoms with van der Waals surface area (Å²) < 4.78 is -0.398. The van der Waals surface area contributed by atoms with Gasteiger partial charge in [-0.2, -0.15) is 0 Å². The minimum absolute atomic E-state index is 0.0142. The van der Waals surface area contributed by atoms with E-state index in [0.29, 0.717) is 13.1 Å². The summed E-state index contributed by atoms with van der Waals surface area (Å²) in [4.78, 5) is 17.7. The molecule has 0 spiro atoms. The SMILES string of the molecule is [B]=NCC(=O)N(CC=C)CCSC(c1ccccc1)(c1ccccc1)c1ccccc1. The molecule has 3 rings (SSSR count). The number of nitrogens with zero attached hydrogens (tertiary/aromatic N) is 2. The Morgan fingerprint density at radius 2 is 1.35 bits per heavy atom. The maximum absolute atomic E-state index is 12.4.